The number of thiophene rings is 1. The molecule has 118 valence electrons. The lowest BCUT2D eigenvalue weighted by Gasteiger charge is -2.04. The van der Waals surface area contributed by atoms with Crippen LogP contribution in [0.25, 0.3) is 16.0 Å². The summed E-state index contributed by atoms with van der Waals surface area (Å²) in [6, 6.07) is 7.45. The molecular weight excluding hydrogens is 313 g/mol. The van der Waals surface area contributed by atoms with Crippen LogP contribution in [0.3, 0.4) is 0 Å². The number of imidazole rings is 1. The molecule has 0 atom stereocenters. The summed E-state index contributed by atoms with van der Waals surface area (Å²) < 4.78 is 16.0. The van der Waals surface area contributed by atoms with E-state index >= 15 is 0 Å². The summed E-state index contributed by atoms with van der Waals surface area (Å²) in [6.07, 6.45) is 2.13. The average molecular weight is 329 g/mol. The number of carbonyl (C=O) groups is 1. The maximum atomic E-state index is 14.1. The van der Waals surface area contributed by atoms with Crippen LogP contribution >= 0.6 is 11.3 Å². The zero-order valence-electron chi connectivity index (χ0n) is 12.9. The number of rotatable bonds is 3. The van der Waals surface area contributed by atoms with E-state index < -0.39 is 0 Å². The summed E-state index contributed by atoms with van der Waals surface area (Å²) in [5.74, 6) is 0.360. The number of hydrogen-bond donors (Lipinski definition) is 1. The van der Waals surface area contributed by atoms with Crippen molar-refractivity contribution in [2.75, 3.05) is 0 Å². The van der Waals surface area contributed by atoms with Gasteiger partial charge in [-0.25, -0.2) is 9.37 Å². The summed E-state index contributed by atoms with van der Waals surface area (Å²) in [7, 11) is 0. The lowest BCUT2D eigenvalue weighted by atomic mass is 10.2. The second-order valence-electron chi connectivity index (χ2n) is 5.99. The van der Waals surface area contributed by atoms with Crippen molar-refractivity contribution in [3.05, 3.63) is 46.3 Å². The van der Waals surface area contributed by atoms with E-state index in [1.165, 1.54) is 17.4 Å². The third-order valence-electron chi connectivity index (χ3n) is 3.97. The number of aromatic nitrogens is 2. The number of carbonyl (C=O) groups excluding carboxylic acids is 1. The molecule has 1 N–H and O–H groups in total. The van der Waals surface area contributed by atoms with Gasteiger partial charge < -0.3 is 5.32 Å². The van der Waals surface area contributed by atoms with E-state index in [0.717, 1.165) is 28.9 Å². The Morgan fingerprint density at radius 3 is 2.87 bits per heavy atom. The Balaban J connectivity index is 1.78. The van der Waals surface area contributed by atoms with Crippen LogP contribution < -0.4 is 5.32 Å². The molecule has 1 saturated carbocycles. The fraction of sp³-hybridized carbons (Fsp3) is 0.294. The standard InChI is InChI=1S/C17H16FN3OS/c1-9-7-12(18)16-13(8-9)21(10(2)19-16)15-6-5-14(23-15)17(22)20-11-3-4-11/h5-8,11H,3-4H2,1-2H3,(H,20,22). The minimum absolute atomic E-state index is 0.0341. The molecule has 4 nitrogen and oxygen atoms in total. The van der Waals surface area contributed by atoms with Gasteiger partial charge in [0, 0.05) is 6.04 Å². The van der Waals surface area contributed by atoms with E-state index in [0.29, 0.717) is 22.3 Å². The number of fused-ring (bicyclic) bond motifs is 1. The Morgan fingerprint density at radius 1 is 1.35 bits per heavy atom. The quantitative estimate of drug-likeness (QED) is 0.796. The molecule has 4 rings (SSSR count). The van der Waals surface area contributed by atoms with Gasteiger partial charge in [-0.15, -0.1) is 11.3 Å². The van der Waals surface area contributed by atoms with E-state index in [9.17, 15) is 9.18 Å². The Morgan fingerprint density at radius 2 is 2.13 bits per heavy atom. The number of hydrogen-bond acceptors (Lipinski definition) is 3. The highest BCUT2D eigenvalue weighted by Crippen LogP contribution is 2.29. The predicted octanol–water partition coefficient (Wildman–Crippen LogP) is 3.74. The molecule has 2 heterocycles. The van der Waals surface area contributed by atoms with Gasteiger partial charge in [-0.1, -0.05) is 0 Å². The Bertz CT molecular complexity index is 923. The third kappa shape index (κ3) is 2.53. The number of halogens is 1. The van der Waals surface area contributed by atoms with Gasteiger partial charge in [-0.2, -0.15) is 0 Å². The van der Waals surface area contributed by atoms with E-state index in [1.54, 1.807) is 0 Å². The van der Waals surface area contributed by atoms with E-state index in [-0.39, 0.29) is 11.7 Å². The molecule has 0 aliphatic heterocycles. The van der Waals surface area contributed by atoms with Gasteiger partial charge in [0.2, 0.25) is 0 Å². The van der Waals surface area contributed by atoms with Crippen LogP contribution in [0.4, 0.5) is 4.39 Å². The summed E-state index contributed by atoms with van der Waals surface area (Å²) >= 11 is 1.40. The first kappa shape index (κ1) is 14.4. The van der Waals surface area contributed by atoms with Gasteiger partial charge in [-0.3, -0.25) is 9.36 Å². The number of nitrogens with one attached hydrogen (secondary N) is 1. The minimum Gasteiger partial charge on any atom is -0.349 e. The lowest BCUT2D eigenvalue weighted by molar-refractivity contribution is 0.0955. The molecule has 23 heavy (non-hydrogen) atoms. The fourth-order valence-corrected chi connectivity index (χ4v) is 3.69. The average Bonchev–Trinajstić information content (AvgIpc) is 3.05. The number of nitrogens with zero attached hydrogens (tertiary/aromatic N) is 2. The number of amides is 1. The highest BCUT2D eigenvalue weighted by molar-refractivity contribution is 7.16. The van der Waals surface area contributed by atoms with Gasteiger partial charge in [-0.05, 0) is 56.5 Å². The largest absolute Gasteiger partial charge is 0.349 e. The highest BCUT2D eigenvalue weighted by Gasteiger charge is 2.24. The first-order valence-electron chi connectivity index (χ1n) is 7.59. The number of aryl methyl sites for hydroxylation is 2. The zero-order valence-corrected chi connectivity index (χ0v) is 13.7. The molecule has 1 aliphatic rings. The van der Waals surface area contributed by atoms with Gasteiger partial charge >= 0.3 is 0 Å². The van der Waals surface area contributed by atoms with Crippen molar-refractivity contribution in [3.8, 4) is 5.00 Å². The van der Waals surface area contributed by atoms with Crippen molar-refractivity contribution >= 4 is 28.3 Å². The Labute approximate surface area is 137 Å². The van der Waals surface area contributed by atoms with Crippen molar-refractivity contribution < 1.29 is 9.18 Å². The van der Waals surface area contributed by atoms with Crippen LogP contribution in [-0.4, -0.2) is 21.5 Å². The summed E-state index contributed by atoms with van der Waals surface area (Å²) in [5.41, 5.74) is 1.95. The summed E-state index contributed by atoms with van der Waals surface area (Å²) in [6.45, 7) is 3.70. The number of benzene rings is 1. The van der Waals surface area contributed by atoms with Crippen LogP contribution in [0.1, 0.15) is 33.9 Å². The molecule has 3 aromatic rings. The van der Waals surface area contributed by atoms with Crippen molar-refractivity contribution in [3.63, 3.8) is 0 Å². The van der Waals surface area contributed by atoms with Gasteiger partial charge in [0.15, 0.2) is 5.82 Å². The smallest absolute Gasteiger partial charge is 0.261 e. The fourth-order valence-electron chi connectivity index (χ4n) is 2.72. The molecule has 2 aromatic heterocycles. The normalized spacial score (nSPS) is 14.4. The minimum atomic E-state index is -0.315. The molecule has 1 aliphatic carbocycles. The van der Waals surface area contributed by atoms with Crippen LogP contribution in [0, 0.1) is 19.7 Å². The Kier molecular flexibility index (Phi) is 3.23. The maximum absolute atomic E-state index is 14.1. The molecule has 6 heteroatoms. The van der Waals surface area contributed by atoms with E-state index in [4.69, 9.17) is 0 Å². The molecule has 0 radical (unpaired) electrons. The Hall–Kier alpha value is -2.21. The molecule has 0 spiro atoms. The van der Waals surface area contributed by atoms with E-state index in [1.807, 2.05) is 36.6 Å². The van der Waals surface area contributed by atoms with Gasteiger partial charge in [0.25, 0.3) is 5.91 Å². The molecular formula is C17H16FN3OS. The van der Waals surface area contributed by atoms with Crippen molar-refractivity contribution in [1.29, 1.82) is 0 Å². The molecule has 0 unspecified atom stereocenters. The lowest BCUT2D eigenvalue weighted by Crippen LogP contribution is -2.24. The first-order chi connectivity index (χ1) is 11.0. The van der Waals surface area contributed by atoms with E-state index in [2.05, 4.69) is 10.3 Å². The molecule has 1 aromatic carbocycles. The van der Waals surface area contributed by atoms with Crippen molar-refractivity contribution in [2.24, 2.45) is 0 Å². The predicted molar refractivity (Wildman–Crippen MR) is 88.9 cm³/mol. The SMILES string of the molecule is Cc1cc(F)c2nc(C)n(-c3ccc(C(=O)NC4CC4)s3)c2c1. The van der Waals surface area contributed by atoms with Gasteiger partial charge in [0.05, 0.1) is 10.4 Å². The second-order valence-corrected chi connectivity index (χ2v) is 7.06. The van der Waals surface area contributed by atoms with Crippen molar-refractivity contribution in [2.45, 2.75) is 32.7 Å². The topological polar surface area (TPSA) is 46.9 Å². The highest BCUT2D eigenvalue weighted by atomic mass is 32.1. The third-order valence-corrected chi connectivity index (χ3v) is 5.04. The first-order valence-corrected chi connectivity index (χ1v) is 8.41. The zero-order chi connectivity index (χ0) is 16.1. The molecule has 1 amide bonds. The van der Waals surface area contributed by atoms with Crippen LogP contribution in [0.2, 0.25) is 0 Å². The second kappa shape index (κ2) is 5.16. The molecule has 1 fully saturated rings. The van der Waals surface area contributed by atoms with Crippen molar-refractivity contribution in [1.82, 2.24) is 14.9 Å². The summed E-state index contributed by atoms with van der Waals surface area (Å²) in [4.78, 5) is 17.2. The monoisotopic (exact) mass is 329 g/mol. The molecule has 0 saturated heterocycles. The van der Waals surface area contributed by atoms with Gasteiger partial charge in [0.1, 0.15) is 16.3 Å². The maximum Gasteiger partial charge on any atom is 0.261 e. The molecule has 0 bridgehead atoms. The van der Waals surface area contributed by atoms with Crippen LogP contribution in [0.5, 0.6) is 0 Å². The van der Waals surface area contributed by atoms with Crippen LogP contribution in [0.15, 0.2) is 24.3 Å². The summed E-state index contributed by atoms with van der Waals surface area (Å²) in [5, 5.41) is 3.86. The van der Waals surface area contributed by atoms with Crippen LogP contribution in [-0.2, 0) is 0 Å².